The summed E-state index contributed by atoms with van der Waals surface area (Å²) in [6, 6.07) is 3.67. The first-order valence-corrected chi connectivity index (χ1v) is 5.02. The van der Waals surface area contributed by atoms with E-state index in [-0.39, 0.29) is 0 Å². The first-order chi connectivity index (χ1) is 7.68. The number of aliphatic hydroxyl groups excluding tert-OH is 1. The van der Waals surface area contributed by atoms with E-state index in [1.54, 1.807) is 23.3 Å². The molecule has 2 aromatic heterocycles. The maximum absolute atomic E-state index is 10.0. The van der Waals surface area contributed by atoms with Gasteiger partial charge in [-0.05, 0) is 11.6 Å². The average molecular weight is 218 g/mol. The van der Waals surface area contributed by atoms with Crippen LogP contribution in [0.15, 0.2) is 30.9 Å². The van der Waals surface area contributed by atoms with Crippen molar-refractivity contribution < 1.29 is 5.11 Å². The van der Waals surface area contributed by atoms with Crippen LogP contribution in [0.1, 0.15) is 17.4 Å². The van der Waals surface area contributed by atoms with Crippen molar-refractivity contribution in [3.05, 3.63) is 42.1 Å². The molecule has 0 saturated heterocycles. The molecule has 84 valence electrons. The molecule has 0 spiro atoms. The maximum Gasteiger partial charge on any atom is 0.126 e. The summed E-state index contributed by atoms with van der Waals surface area (Å²) < 4.78 is 1.79. The molecule has 5 heteroatoms. The average Bonchev–Trinajstić information content (AvgIpc) is 2.68. The predicted molar refractivity (Wildman–Crippen MR) is 60.5 cm³/mol. The fraction of sp³-hybridized carbons (Fsp3) is 0.273. The number of hydrogen-bond acceptors (Lipinski definition) is 4. The molecule has 0 amide bonds. The molecule has 1 atom stereocenters. The van der Waals surface area contributed by atoms with Crippen LogP contribution in [0.5, 0.6) is 0 Å². The van der Waals surface area contributed by atoms with Crippen LogP contribution in [0.3, 0.4) is 0 Å². The lowest BCUT2D eigenvalue weighted by Gasteiger charge is -2.12. The van der Waals surface area contributed by atoms with Crippen LogP contribution in [-0.4, -0.2) is 19.6 Å². The highest BCUT2D eigenvalue weighted by Gasteiger charge is 2.13. The first kappa shape index (κ1) is 10.6. The summed E-state index contributed by atoms with van der Waals surface area (Å²) in [5.41, 5.74) is 7.33. The standard InChI is InChI=1S/C11H14N4O/c1-15-7-13-6-9(15)10(16)5-8-3-2-4-14-11(8)12/h2-4,6-7,10,16H,5H2,1H3,(H2,12,14). The summed E-state index contributed by atoms with van der Waals surface area (Å²) in [6.45, 7) is 0. The molecule has 16 heavy (non-hydrogen) atoms. The number of pyridine rings is 1. The number of nitrogens with two attached hydrogens (primary N) is 1. The topological polar surface area (TPSA) is 77.0 Å². The van der Waals surface area contributed by atoms with Gasteiger partial charge < -0.3 is 15.4 Å². The van der Waals surface area contributed by atoms with Gasteiger partial charge in [-0.1, -0.05) is 6.07 Å². The van der Waals surface area contributed by atoms with Crippen LogP contribution in [0.2, 0.25) is 0 Å². The Morgan fingerprint density at radius 3 is 3.00 bits per heavy atom. The lowest BCUT2D eigenvalue weighted by Crippen LogP contribution is -2.08. The molecule has 0 aliphatic carbocycles. The number of nitrogen functional groups attached to an aromatic ring is 1. The molecule has 2 heterocycles. The molecule has 2 aromatic rings. The van der Waals surface area contributed by atoms with Crippen molar-refractivity contribution in [3.63, 3.8) is 0 Å². The summed E-state index contributed by atoms with van der Waals surface area (Å²) >= 11 is 0. The molecular weight excluding hydrogens is 204 g/mol. The van der Waals surface area contributed by atoms with E-state index in [1.807, 2.05) is 19.2 Å². The van der Waals surface area contributed by atoms with Gasteiger partial charge in [-0.3, -0.25) is 0 Å². The Hall–Kier alpha value is -1.88. The fourth-order valence-corrected chi connectivity index (χ4v) is 1.62. The number of nitrogens with zero attached hydrogens (tertiary/aromatic N) is 3. The summed E-state index contributed by atoms with van der Waals surface area (Å²) in [7, 11) is 1.85. The summed E-state index contributed by atoms with van der Waals surface area (Å²) in [6.07, 6.45) is 4.77. The monoisotopic (exact) mass is 218 g/mol. The zero-order valence-electron chi connectivity index (χ0n) is 9.04. The summed E-state index contributed by atoms with van der Waals surface area (Å²) in [5, 5.41) is 10.0. The molecule has 0 bridgehead atoms. The summed E-state index contributed by atoms with van der Waals surface area (Å²) in [4.78, 5) is 7.94. The second kappa shape index (κ2) is 4.32. The van der Waals surface area contributed by atoms with Crippen molar-refractivity contribution in [1.29, 1.82) is 0 Å². The first-order valence-electron chi connectivity index (χ1n) is 5.02. The molecule has 0 aliphatic rings. The van der Waals surface area contributed by atoms with Crippen molar-refractivity contribution in [1.82, 2.24) is 14.5 Å². The van der Waals surface area contributed by atoms with Gasteiger partial charge in [0.05, 0.1) is 24.3 Å². The smallest absolute Gasteiger partial charge is 0.126 e. The number of aryl methyl sites for hydroxylation is 1. The van der Waals surface area contributed by atoms with Gasteiger partial charge in [0.25, 0.3) is 0 Å². The number of imidazole rings is 1. The maximum atomic E-state index is 10.0. The molecule has 0 radical (unpaired) electrons. The van der Waals surface area contributed by atoms with E-state index in [4.69, 9.17) is 5.73 Å². The zero-order chi connectivity index (χ0) is 11.5. The van der Waals surface area contributed by atoms with Crippen molar-refractivity contribution in [2.24, 2.45) is 7.05 Å². The minimum absolute atomic E-state index is 0.444. The second-order valence-corrected chi connectivity index (χ2v) is 3.70. The molecule has 2 rings (SSSR count). The highest BCUT2D eigenvalue weighted by atomic mass is 16.3. The van der Waals surface area contributed by atoms with E-state index in [0.29, 0.717) is 12.2 Å². The van der Waals surface area contributed by atoms with Crippen molar-refractivity contribution in [2.45, 2.75) is 12.5 Å². The SMILES string of the molecule is Cn1cncc1C(O)Cc1cccnc1N. The quantitative estimate of drug-likeness (QED) is 0.794. The van der Waals surface area contributed by atoms with E-state index in [1.165, 1.54) is 0 Å². The number of hydrogen-bond donors (Lipinski definition) is 2. The number of aromatic nitrogens is 3. The number of rotatable bonds is 3. The van der Waals surface area contributed by atoms with Gasteiger partial charge in [0.1, 0.15) is 5.82 Å². The van der Waals surface area contributed by atoms with Gasteiger partial charge in [0, 0.05) is 19.7 Å². The zero-order valence-corrected chi connectivity index (χ0v) is 9.04. The molecule has 0 fully saturated rings. The van der Waals surface area contributed by atoms with Crippen LogP contribution in [0, 0.1) is 0 Å². The van der Waals surface area contributed by atoms with Crippen LogP contribution in [0.25, 0.3) is 0 Å². The van der Waals surface area contributed by atoms with Gasteiger partial charge >= 0.3 is 0 Å². The Kier molecular flexibility index (Phi) is 2.87. The Morgan fingerprint density at radius 1 is 1.56 bits per heavy atom. The Labute approximate surface area is 93.6 Å². The number of anilines is 1. The lowest BCUT2D eigenvalue weighted by atomic mass is 10.1. The Morgan fingerprint density at radius 2 is 2.38 bits per heavy atom. The molecular formula is C11H14N4O. The lowest BCUT2D eigenvalue weighted by molar-refractivity contribution is 0.170. The largest absolute Gasteiger partial charge is 0.386 e. The minimum atomic E-state index is -0.612. The third-order valence-electron chi connectivity index (χ3n) is 2.53. The Balaban J connectivity index is 2.17. The fourth-order valence-electron chi connectivity index (χ4n) is 1.62. The van der Waals surface area contributed by atoms with E-state index in [2.05, 4.69) is 9.97 Å². The minimum Gasteiger partial charge on any atom is -0.386 e. The van der Waals surface area contributed by atoms with Crippen LogP contribution in [0.4, 0.5) is 5.82 Å². The molecule has 0 aliphatic heterocycles. The molecule has 0 aromatic carbocycles. The van der Waals surface area contributed by atoms with E-state index < -0.39 is 6.10 Å². The van der Waals surface area contributed by atoms with Crippen LogP contribution >= 0.6 is 0 Å². The van der Waals surface area contributed by atoms with E-state index in [0.717, 1.165) is 11.3 Å². The van der Waals surface area contributed by atoms with E-state index >= 15 is 0 Å². The summed E-state index contributed by atoms with van der Waals surface area (Å²) in [5.74, 6) is 0.462. The van der Waals surface area contributed by atoms with E-state index in [9.17, 15) is 5.11 Å². The highest BCUT2D eigenvalue weighted by molar-refractivity contribution is 5.39. The third kappa shape index (κ3) is 2.04. The van der Waals surface area contributed by atoms with Crippen LogP contribution in [-0.2, 0) is 13.5 Å². The van der Waals surface area contributed by atoms with Crippen molar-refractivity contribution >= 4 is 5.82 Å². The van der Waals surface area contributed by atoms with Gasteiger partial charge in [0.15, 0.2) is 0 Å². The third-order valence-corrected chi connectivity index (χ3v) is 2.53. The van der Waals surface area contributed by atoms with Gasteiger partial charge in [0.2, 0.25) is 0 Å². The van der Waals surface area contributed by atoms with Gasteiger partial charge in [-0.2, -0.15) is 0 Å². The van der Waals surface area contributed by atoms with Crippen molar-refractivity contribution in [2.75, 3.05) is 5.73 Å². The van der Waals surface area contributed by atoms with Gasteiger partial charge in [-0.15, -0.1) is 0 Å². The normalized spacial score (nSPS) is 12.6. The molecule has 0 saturated carbocycles. The Bertz CT molecular complexity index is 480. The predicted octanol–water partition coefficient (Wildman–Crippen LogP) is 0.673. The highest BCUT2D eigenvalue weighted by Crippen LogP contribution is 2.19. The van der Waals surface area contributed by atoms with Gasteiger partial charge in [-0.25, -0.2) is 9.97 Å². The molecule has 1 unspecified atom stereocenters. The van der Waals surface area contributed by atoms with Crippen molar-refractivity contribution in [3.8, 4) is 0 Å². The molecule has 5 nitrogen and oxygen atoms in total. The number of aliphatic hydroxyl groups is 1. The van der Waals surface area contributed by atoms with Crippen LogP contribution < -0.4 is 5.73 Å². The second-order valence-electron chi connectivity index (χ2n) is 3.70. The molecule has 3 N–H and O–H groups in total.